The molecule has 0 bridgehead atoms. The standard InChI is InChI=1S/C13H20N2O3S.ClH/c1-2-18-12-5-7-13(8-6-12)19(16,17)15-11-4-3-9-14-10-11;/h5-8,11,14-15H,2-4,9-10H2,1H3;1H. The summed E-state index contributed by atoms with van der Waals surface area (Å²) in [4.78, 5) is 0.279. The van der Waals surface area contributed by atoms with E-state index in [9.17, 15) is 8.42 Å². The molecular weight excluding hydrogens is 300 g/mol. The van der Waals surface area contributed by atoms with Gasteiger partial charge in [0.2, 0.25) is 10.0 Å². The maximum Gasteiger partial charge on any atom is 0.240 e. The van der Waals surface area contributed by atoms with E-state index in [-0.39, 0.29) is 23.3 Å². The first-order chi connectivity index (χ1) is 9.12. The summed E-state index contributed by atoms with van der Waals surface area (Å²) in [5, 5.41) is 3.19. The maximum atomic E-state index is 12.2. The van der Waals surface area contributed by atoms with Crippen LogP contribution in [0.4, 0.5) is 0 Å². The molecule has 114 valence electrons. The largest absolute Gasteiger partial charge is 0.494 e. The molecule has 2 N–H and O–H groups in total. The number of ether oxygens (including phenoxy) is 1. The zero-order valence-corrected chi connectivity index (χ0v) is 13.1. The van der Waals surface area contributed by atoms with E-state index >= 15 is 0 Å². The van der Waals surface area contributed by atoms with Crippen LogP contribution in [-0.4, -0.2) is 34.2 Å². The van der Waals surface area contributed by atoms with E-state index in [0.29, 0.717) is 18.9 Å². The van der Waals surface area contributed by atoms with Crippen LogP contribution >= 0.6 is 12.4 Å². The Balaban J connectivity index is 0.00000200. The normalized spacial score (nSPS) is 19.1. The number of rotatable bonds is 5. The van der Waals surface area contributed by atoms with Crippen molar-refractivity contribution in [2.75, 3.05) is 19.7 Å². The van der Waals surface area contributed by atoms with Gasteiger partial charge >= 0.3 is 0 Å². The summed E-state index contributed by atoms with van der Waals surface area (Å²) >= 11 is 0. The molecule has 0 amide bonds. The van der Waals surface area contributed by atoms with Crippen molar-refractivity contribution in [3.63, 3.8) is 0 Å². The Hall–Kier alpha value is -0.820. The Kier molecular flexibility index (Phi) is 6.75. The van der Waals surface area contributed by atoms with Gasteiger partial charge in [0.1, 0.15) is 5.75 Å². The summed E-state index contributed by atoms with van der Waals surface area (Å²) < 4.78 is 32.4. The average Bonchev–Trinajstić information content (AvgIpc) is 2.40. The first kappa shape index (κ1) is 17.2. The van der Waals surface area contributed by atoms with Crippen LogP contribution < -0.4 is 14.8 Å². The quantitative estimate of drug-likeness (QED) is 0.863. The van der Waals surface area contributed by atoms with E-state index in [1.165, 1.54) is 0 Å². The molecule has 0 saturated carbocycles. The zero-order valence-electron chi connectivity index (χ0n) is 11.5. The van der Waals surface area contributed by atoms with Crippen LogP contribution in [-0.2, 0) is 10.0 Å². The minimum atomic E-state index is -3.44. The molecule has 0 aliphatic carbocycles. The average molecular weight is 321 g/mol. The Labute approximate surface area is 126 Å². The first-order valence-electron chi connectivity index (χ1n) is 6.58. The summed E-state index contributed by atoms with van der Waals surface area (Å²) in [5.74, 6) is 0.681. The molecule has 1 aliphatic rings. The summed E-state index contributed by atoms with van der Waals surface area (Å²) in [5.41, 5.74) is 0. The summed E-state index contributed by atoms with van der Waals surface area (Å²) in [6, 6.07) is 6.48. The van der Waals surface area contributed by atoms with Crippen LogP contribution in [0.1, 0.15) is 19.8 Å². The van der Waals surface area contributed by atoms with Crippen LogP contribution in [0.2, 0.25) is 0 Å². The SMILES string of the molecule is CCOc1ccc(S(=O)(=O)NC2CCCNC2)cc1.Cl. The van der Waals surface area contributed by atoms with Crippen molar-refractivity contribution in [3.8, 4) is 5.75 Å². The highest BCUT2D eigenvalue weighted by Crippen LogP contribution is 2.16. The number of hydrogen-bond donors (Lipinski definition) is 2. The molecule has 0 aromatic heterocycles. The minimum Gasteiger partial charge on any atom is -0.494 e. The fourth-order valence-electron chi connectivity index (χ4n) is 2.12. The third-order valence-corrected chi connectivity index (χ3v) is 4.60. The number of halogens is 1. The highest BCUT2D eigenvalue weighted by Gasteiger charge is 2.21. The number of benzene rings is 1. The van der Waals surface area contributed by atoms with Crippen LogP contribution in [0, 0.1) is 0 Å². The van der Waals surface area contributed by atoms with Crippen LogP contribution in [0.5, 0.6) is 5.75 Å². The van der Waals surface area contributed by atoms with Gasteiger partial charge in [-0.15, -0.1) is 12.4 Å². The van der Waals surface area contributed by atoms with Crippen LogP contribution in [0.25, 0.3) is 0 Å². The molecule has 20 heavy (non-hydrogen) atoms. The van der Waals surface area contributed by atoms with E-state index in [4.69, 9.17) is 4.74 Å². The second-order valence-corrected chi connectivity index (χ2v) is 6.28. The zero-order chi connectivity index (χ0) is 13.7. The molecule has 1 aliphatic heterocycles. The van der Waals surface area contributed by atoms with Crippen LogP contribution in [0.3, 0.4) is 0 Å². The maximum absolute atomic E-state index is 12.2. The van der Waals surface area contributed by atoms with Gasteiger partial charge in [-0.05, 0) is 50.6 Å². The van der Waals surface area contributed by atoms with Gasteiger partial charge < -0.3 is 10.1 Å². The van der Waals surface area contributed by atoms with E-state index in [1.54, 1.807) is 24.3 Å². The molecule has 1 unspecified atom stereocenters. The summed E-state index contributed by atoms with van der Waals surface area (Å²) in [7, 11) is -3.44. The van der Waals surface area contributed by atoms with Gasteiger partial charge in [-0.3, -0.25) is 0 Å². The molecule has 1 aromatic carbocycles. The van der Waals surface area contributed by atoms with Gasteiger partial charge in [0.25, 0.3) is 0 Å². The van der Waals surface area contributed by atoms with Gasteiger partial charge in [-0.25, -0.2) is 13.1 Å². The molecule has 1 atom stereocenters. The smallest absolute Gasteiger partial charge is 0.240 e. The summed E-state index contributed by atoms with van der Waals surface area (Å²) in [6.07, 6.45) is 1.87. The van der Waals surface area contributed by atoms with Gasteiger partial charge in [0.15, 0.2) is 0 Å². The highest BCUT2D eigenvalue weighted by atomic mass is 35.5. The molecule has 1 aromatic rings. The lowest BCUT2D eigenvalue weighted by Gasteiger charge is -2.23. The number of sulfonamides is 1. The fourth-order valence-corrected chi connectivity index (χ4v) is 3.39. The number of hydrogen-bond acceptors (Lipinski definition) is 4. The van der Waals surface area contributed by atoms with E-state index in [0.717, 1.165) is 19.4 Å². The van der Waals surface area contributed by atoms with E-state index < -0.39 is 10.0 Å². The molecule has 7 heteroatoms. The van der Waals surface area contributed by atoms with Gasteiger partial charge in [-0.2, -0.15) is 0 Å². The Bertz CT molecular complexity index is 499. The molecule has 2 rings (SSSR count). The van der Waals surface area contributed by atoms with E-state index in [1.807, 2.05) is 6.92 Å². The molecule has 0 radical (unpaired) electrons. The Morgan fingerprint density at radius 3 is 2.60 bits per heavy atom. The summed E-state index contributed by atoms with van der Waals surface area (Å²) in [6.45, 7) is 4.11. The molecule has 0 spiro atoms. The molecule has 5 nitrogen and oxygen atoms in total. The Morgan fingerprint density at radius 2 is 2.05 bits per heavy atom. The lowest BCUT2D eigenvalue weighted by molar-refractivity contribution is 0.340. The molecule has 1 heterocycles. The van der Waals surface area contributed by atoms with E-state index in [2.05, 4.69) is 10.0 Å². The molecular formula is C13H21ClN2O3S. The first-order valence-corrected chi connectivity index (χ1v) is 8.06. The fraction of sp³-hybridized carbons (Fsp3) is 0.538. The molecule has 1 saturated heterocycles. The van der Waals surface area contributed by atoms with Crippen molar-refractivity contribution >= 4 is 22.4 Å². The third kappa shape index (κ3) is 4.63. The van der Waals surface area contributed by atoms with Crippen molar-refractivity contribution in [1.29, 1.82) is 0 Å². The second kappa shape index (κ2) is 7.83. The Morgan fingerprint density at radius 1 is 1.35 bits per heavy atom. The highest BCUT2D eigenvalue weighted by molar-refractivity contribution is 7.89. The third-order valence-electron chi connectivity index (χ3n) is 3.06. The van der Waals surface area contributed by atoms with Crippen molar-refractivity contribution in [3.05, 3.63) is 24.3 Å². The van der Waals surface area contributed by atoms with Crippen molar-refractivity contribution in [2.24, 2.45) is 0 Å². The lowest BCUT2D eigenvalue weighted by atomic mass is 10.1. The number of nitrogens with one attached hydrogen (secondary N) is 2. The minimum absolute atomic E-state index is 0. The van der Waals surface area contributed by atoms with Crippen molar-refractivity contribution < 1.29 is 13.2 Å². The predicted octanol–water partition coefficient (Wildman–Crippen LogP) is 1.54. The van der Waals surface area contributed by atoms with Crippen molar-refractivity contribution in [2.45, 2.75) is 30.7 Å². The van der Waals surface area contributed by atoms with Crippen molar-refractivity contribution in [1.82, 2.24) is 10.0 Å². The molecule has 1 fully saturated rings. The topological polar surface area (TPSA) is 67.4 Å². The van der Waals surface area contributed by atoms with Gasteiger partial charge in [-0.1, -0.05) is 0 Å². The van der Waals surface area contributed by atoms with Crippen LogP contribution in [0.15, 0.2) is 29.2 Å². The van der Waals surface area contributed by atoms with Gasteiger partial charge in [0.05, 0.1) is 11.5 Å². The van der Waals surface area contributed by atoms with Gasteiger partial charge in [0, 0.05) is 12.6 Å². The second-order valence-electron chi connectivity index (χ2n) is 4.57. The number of piperidine rings is 1. The monoisotopic (exact) mass is 320 g/mol. The predicted molar refractivity (Wildman–Crippen MR) is 81.1 cm³/mol. The lowest BCUT2D eigenvalue weighted by Crippen LogP contribution is -2.45.